The number of unbranched alkanes of at least 4 members (excludes halogenated alkanes) is 1. The number of ether oxygens (including phenoxy) is 1. The molecule has 2 fully saturated rings. The van der Waals surface area contributed by atoms with Crippen molar-refractivity contribution < 1.29 is 13.5 Å². The molecule has 4 heterocycles. The van der Waals surface area contributed by atoms with Crippen LogP contribution in [0.3, 0.4) is 0 Å². The van der Waals surface area contributed by atoms with Gasteiger partial charge in [0.2, 0.25) is 0 Å². The van der Waals surface area contributed by atoms with Crippen LogP contribution in [0.2, 0.25) is 5.02 Å². The van der Waals surface area contributed by atoms with Crippen molar-refractivity contribution in [3.05, 3.63) is 75.5 Å². The van der Waals surface area contributed by atoms with Gasteiger partial charge in [-0.25, -0.2) is 4.39 Å². The van der Waals surface area contributed by atoms with Crippen LogP contribution < -0.4 is 10.1 Å². The van der Waals surface area contributed by atoms with Gasteiger partial charge in [0, 0.05) is 17.1 Å². The minimum absolute atomic E-state index is 0.0527. The van der Waals surface area contributed by atoms with E-state index in [1.807, 2.05) is 18.0 Å². The number of hydrogen-bond donors (Lipinski definition) is 1. The molecule has 45 heavy (non-hydrogen) atoms. The van der Waals surface area contributed by atoms with Crippen molar-refractivity contribution in [2.45, 2.75) is 63.3 Å². The average molecular weight is 713 g/mol. The highest BCUT2D eigenvalue weighted by Crippen LogP contribution is 2.46. The van der Waals surface area contributed by atoms with Gasteiger partial charge in [-0.15, -0.1) is 5.10 Å². The van der Waals surface area contributed by atoms with E-state index in [4.69, 9.17) is 20.8 Å². The molecule has 0 spiro atoms. The monoisotopic (exact) mass is 711 g/mol. The number of hydrogen-bond acceptors (Lipinski definition) is 7. The van der Waals surface area contributed by atoms with Crippen molar-refractivity contribution >= 4 is 72.6 Å². The molecule has 0 bridgehead atoms. The number of nitrogens with zero attached hydrogens (tertiary/aromatic N) is 4. The second-order valence-corrected chi connectivity index (χ2v) is 14.3. The molecular formula is C34H36BrClFN5O2S. The van der Waals surface area contributed by atoms with Gasteiger partial charge >= 0.3 is 0 Å². The number of thioether (sulfide) groups is 1. The Hall–Kier alpha value is -2.79. The summed E-state index contributed by atoms with van der Waals surface area (Å²) in [5.74, 6) is 5.04. The van der Waals surface area contributed by atoms with Gasteiger partial charge in [0.05, 0.1) is 51.0 Å². The Morgan fingerprint density at radius 2 is 1.89 bits per heavy atom. The lowest BCUT2D eigenvalue weighted by atomic mass is 10.1. The van der Waals surface area contributed by atoms with Crippen molar-refractivity contribution in [2.24, 2.45) is 0 Å². The fourth-order valence-electron chi connectivity index (χ4n) is 6.12. The summed E-state index contributed by atoms with van der Waals surface area (Å²) >= 11 is 11.7. The van der Waals surface area contributed by atoms with Crippen LogP contribution in [-0.2, 0) is 12.3 Å². The van der Waals surface area contributed by atoms with Crippen LogP contribution in [0.4, 0.5) is 15.9 Å². The molecule has 0 unspecified atom stereocenters. The van der Waals surface area contributed by atoms with Gasteiger partial charge in [-0.3, -0.25) is 4.90 Å². The number of likely N-dealkylation sites (tertiary alicyclic amines) is 1. The molecule has 1 N–H and O–H groups in total. The largest absolute Gasteiger partial charge is 0.492 e. The lowest BCUT2D eigenvalue weighted by Gasteiger charge is -2.25. The van der Waals surface area contributed by atoms with E-state index in [1.54, 1.807) is 12.1 Å². The van der Waals surface area contributed by atoms with Gasteiger partial charge in [-0.1, -0.05) is 18.0 Å². The standard InChI is InChI=1S/C34H36BrClFN5O2S/c35-27-18-30-26(33-31(42(30)23-7-8-23)19-38-40-34(33)39-22-6-11-29(37)28(36)16-22)17-32(27)43-14-4-5-15-45-21-25-10-9-24(44-25)20-41-12-2-1-3-13-41/h6,9-11,16-19,23H,1-5,7-8,12-15,20-21H2,(H,39,40). The van der Waals surface area contributed by atoms with Gasteiger partial charge in [-0.2, -0.15) is 16.9 Å². The number of piperidine rings is 1. The Morgan fingerprint density at radius 3 is 2.71 bits per heavy atom. The van der Waals surface area contributed by atoms with Gasteiger partial charge < -0.3 is 19.0 Å². The van der Waals surface area contributed by atoms with E-state index in [0.717, 1.165) is 87.3 Å². The Bertz CT molecular complexity index is 1800. The van der Waals surface area contributed by atoms with Crippen molar-refractivity contribution in [1.29, 1.82) is 0 Å². The molecule has 0 radical (unpaired) electrons. The normalized spacial score (nSPS) is 15.7. The zero-order valence-corrected chi connectivity index (χ0v) is 28.2. The molecule has 7 nitrogen and oxygen atoms in total. The summed E-state index contributed by atoms with van der Waals surface area (Å²) in [7, 11) is 0. The lowest BCUT2D eigenvalue weighted by Crippen LogP contribution is -2.28. The summed E-state index contributed by atoms with van der Waals surface area (Å²) in [6.07, 6.45) is 10.1. The Kier molecular flexibility index (Phi) is 9.53. The Morgan fingerprint density at radius 1 is 1.04 bits per heavy atom. The van der Waals surface area contributed by atoms with E-state index in [1.165, 1.54) is 38.4 Å². The predicted molar refractivity (Wildman–Crippen MR) is 184 cm³/mol. The SMILES string of the molecule is Fc1ccc(Nc2nncc3c2c2cc(OCCCCSCc4ccc(CN5CCCCC5)o4)c(Br)cc2n3C2CC2)cc1Cl. The van der Waals surface area contributed by atoms with Gasteiger partial charge in [0.25, 0.3) is 0 Å². The van der Waals surface area contributed by atoms with E-state index in [9.17, 15) is 4.39 Å². The highest BCUT2D eigenvalue weighted by molar-refractivity contribution is 9.10. The molecule has 1 aliphatic carbocycles. The first-order valence-corrected chi connectivity index (χ1v) is 18.1. The third-order valence-corrected chi connectivity index (χ3v) is 10.5. The smallest absolute Gasteiger partial charge is 0.163 e. The molecule has 11 heteroatoms. The van der Waals surface area contributed by atoms with Crippen molar-refractivity contribution in [3.63, 3.8) is 0 Å². The summed E-state index contributed by atoms with van der Waals surface area (Å²) in [6.45, 7) is 3.92. The molecule has 2 aromatic carbocycles. The average Bonchev–Trinajstić information content (AvgIpc) is 3.69. The molecule has 0 atom stereocenters. The summed E-state index contributed by atoms with van der Waals surface area (Å²) in [6, 6.07) is 13.5. The fourth-order valence-corrected chi connectivity index (χ4v) is 7.65. The van der Waals surface area contributed by atoms with Gasteiger partial charge in [-0.05, 0) is 116 Å². The van der Waals surface area contributed by atoms with E-state index in [2.05, 4.69) is 65.2 Å². The maximum Gasteiger partial charge on any atom is 0.163 e. The summed E-state index contributed by atoms with van der Waals surface area (Å²) in [5, 5.41) is 14.1. The number of furan rings is 1. The van der Waals surface area contributed by atoms with Crippen LogP contribution in [0.5, 0.6) is 5.75 Å². The summed E-state index contributed by atoms with van der Waals surface area (Å²) < 4.78 is 29.5. The summed E-state index contributed by atoms with van der Waals surface area (Å²) in [5.41, 5.74) is 2.76. The maximum absolute atomic E-state index is 13.8. The second-order valence-electron chi connectivity index (χ2n) is 11.9. The number of anilines is 2. The number of nitrogens with one attached hydrogen (secondary N) is 1. The topological polar surface area (TPSA) is 68.4 Å². The first-order valence-electron chi connectivity index (χ1n) is 15.7. The number of rotatable bonds is 13. The highest BCUT2D eigenvalue weighted by Gasteiger charge is 2.29. The van der Waals surface area contributed by atoms with Crippen LogP contribution >= 0.6 is 39.3 Å². The number of benzene rings is 2. The van der Waals surface area contributed by atoms with Crippen molar-refractivity contribution in [3.8, 4) is 5.75 Å². The van der Waals surface area contributed by atoms with Crippen LogP contribution in [0.1, 0.15) is 62.5 Å². The minimum Gasteiger partial charge on any atom is -0.492 e. The first-order chi connectivity index (χ1) is 22.0. The summed E-state index contributed by atoms with van der Waals surface area (Å²) in [4.78, 5) is 2.49. The van der Waals surface area contributed by atoms with E-state index in [-0.39, 0.29) is 5.02 Å². The molecule has 1 saturated carbocycles. The van der Waals surface area contributed by atoms with Crippen LogP contribution in [0.25, 0.3) is 21.8 Å². The van der Waals surface area contributed by atoms with E-state index in [0.29, 0.717) is 24.2 Å². The second kappa shape index (κ2) is 13.9. The molecular weight excluding hydrogens is 677 g/mol. The third-order valence-electron chi connectivity index (χ3n) is 8.49. The molecule has 7 rings (SSSR count). The van der Waals surface area contributed by atoms with Crippen LogP contribution in [-0.4, -0.2) is 45.1 Å². The molecule has 5 aromatic rings. The molecule has 1 saturated heterocycles. The van der Waals surface area contributed by atoms with Crippen LogP contribution in [0.15, 0.2) is 57.6 Å². The minimum atomic E-state index is -0.461. The third kappa shape index (κ3) is 7.14. The molecule has 1 aliphatic heterocycles. The van der Waals surface area contributed by atoms with Crippen molar-refractivity contribution in [2.75, 3.05) is 30.8 Å². The highest BCUT2D eigenvalue weighted by atomic mass is 79.9. The number of fused-ring (bicyclic) bond motifs is 3. The number of aromatic nitrogens is 3. The number of halogens is 3. The first kappa shape index (κ1) is 30.8. The van der Waals surface area contributed by atoms with Gasteiger partial charge in [0.15, 0.2) is 5.82 Å². The zero-order chi connectivity index (χ0) is 30.8. The van der Waals surface area contributed by atoms with Crippen molar-refractivity contribution in [1.82, 2.24) is 19.7 Å². The Balaban J connectivity index is 0.982. The molecule has 236 valence electrons. The molecule has 0 amide bonds. The molecule has 2 aliphatic rings. The Labute approximate surface area is 280 Å². The van der Waals surface area contributed by atoms with E-state index >= 15 is 0 Å². The van der Waals surface area contributed by atoms with E-state index < -0.39 is 5.82 Å². The molecule has 3 aromatic heterocycles. The predicted octanol–water partition coefficient (Wildman–Crippen LogP) is 9.89. The van der Waals surface area contributed by atoms with Gasteiger partial charge in [0.1, 0.15) is 23.1 Å². The zero-order valence-electron chi connectivity index (χ0n) is 25.0. The fraction of sp³-hybridized carbons (Fsp3) is 0.412. The quantitative estimate of drug-likeness (QED) is 0.122. The lowest BCUT2D eigenvalue weighted by molar-refractivity contribution is 0.204. The van der Waals surface area contributed by atoms with Crippen LogP contribution in [0, 0.1) is 5.82 Å². The maximum atomic E-state index is 13.8.